The van der Waals surface area contributed by atoms with Crippen LogP contribution in [0.1, 0.15) is 44.2 Å². The predicted molar refractivity (Wildman–Crippen MR) is 111 cm³/mol. The van der Waals surface area contributed by atoms with Gasteiger partial charge >= 0.3 is 6.18 Å². The van der Waals surface area contributed by atoms with Crippen LogP contribution < -0.4 is 4.72 Å². The third-order valence-electron chi connectivity index (χ3n) is 5.68. The van der Waals surface area contributed by atoms with E-state index in [1.54, 1.807) is 23.1 Å². The number of sulfonamides is 1. The van der Waals surface area contributed by atoms with Crippen LogP contribution in [0.4, 0.5) is 13.2 Å². The number of alkyl halides is 3. The number of pyridine rings is 2. The second-order valence-corrected chi connectivity index (χ2v) is 9.50. The number of hydrogen-bond acceptors (Lipinski definition) is 5. The van der Waals surface area contributed by atoms with Crippen LogP contribution in [0, 0.1) is 11.3 Å². The molecule has 3 aromatic rings. The maximum Gasteiger partial charge on any atom is 0.404 e. The Morgan fingerprint density at radius 2 is 1.94 bits per heavy atom. The molecule has 1 aliphatic carbocycles. The second kappa shape index (κ2) is 8.18. The minimum Gasteiger partial charge on any atom is -0.320 e. The summed E-state index contributed by atoms with van der Waals surface area (Å²) < 4.78 is 66.6. The van der Waals surface area contributed by atoms with Gasteiger partial charge in [-0.1, -0.05) is 12.8 Å². The topological polar surface area (TPSA) is 101 Å². The summed E-state index contributed by atoms with van der Waals surface area (Å²) in [6, 6.07) is 6.24. The quantitative estimate of drug-likeness (QED) is 0.608. The highest BCUT2D eigenvalue weighted by Gasteiger charge is 2.39. The molecule has 1 fully saturated rings. The number of nitrogens with one attached hydrogen (secondary N) is 1. The van der Waals surface area contributed by atoms with Crippen LogP contribution in [0.25, 0.3) is 22.4 Å². The molecule has 0 bridgehead atoms. The van der Waals surface area contributed by atoms with E-state index < -0.39 is 27.1 Å². The summed E-state index contributed by atoms with van der Waals surface area (Å²) >= 11 is 0. The van der Waals surface area contributed by atoms with E-state index in [-0.39, 0.29) is 6.04 Å². The smallest absolute Gasteiger partial charge is 0.320 e. The van der Waals surface area contributed by atoms with Gasteiger partial charge in [-0.05, 0) is 44.0 Å². The van der Waals surface area contributed by atoms with E-state index in [9.17, 15) is 26.9 Å². The van der Waals surface area contributed by atoms with Crippen molar-refractivity contribution < 1.29 is 21.6 Å². The van der Waals surface area contributed by atoms with Crippen LogP contribution in [0.15, 0.2) is 41.6 Å². The van der Waals surface area contributed by atoms with Crippen LogP contribution in [-0.2, 0) is 10.0 Å². The lowest BCUT2D eigenvalue weighted by molar-refractivity contribution is -0.147. The van der Waals surface area contributed by atoms with Gasteiger partial charge in [0.25, 0.3) is 0 Å². The zero-order chi connectivity index (χ0) is 23.1. The van der Waals surface area contributed by atoms with Crippen LogP contribution in [0.3, 0.4) is 0 Å². The van der Waals surface area contributed by atoms with Crippen molar-refractivity contribution in [1.29, 1.82) is 5.26 Å². The molecule has 3 aromatic heterocycles. The molecule has 1 atom stereocenters. The molecule has 1 saturated carbocycles. The van der Waals surface area contributed by atoms with Gasteiger partial charge in [0.15, 0.2) is 0 Å². The molecular formula is C21H20F3N5O2S. The van der Waals surface area contributed by atoms with Gasteiger partial charge in [-0.3, -0.25) is 4.98 Å². The second-order valence-electron chi connectivity index (χ2n) is 7.78. The van der Waals surface area contributed by atoms with Crippen molar-refractivity contribution in [3.05, 3.63) is 42.2 Å². The first-order valence-electron chi connectivity index (χ1n) is 10.1. The average Bonchev–Trinajstić information content (AvgIpc) is 3.38. The Labute approximate surface area is 183 Å². The Bertz CT molecular complexity index is 1290. The fourth-order valence-electron chi connectivity index (χ4n) is 4.07. The highest BCUT2D eigenvalue weighted by atomic mass is 32.2. The summed E-state index contributed by atoms with van der Waals surface area (Å²) in [6.07, 6.45) is 1.88. The number of nitriles is 1. The molecule has 4 rings (SSSR count). The number of hydrogen-bond donors (Lipinski definition) is 1. The Balaban J connectivity index is 1.79. The lowest BCUT2D eigenvalue weighted by Gasteiger charge is -2.18. The first-order valence-corrected chi connectivity index (χ1v) is 11.6. The van der Waals surface area contributed by atoms with Crippen LogP contribution in [-0.4, -0.2) is 35.2 Å². The Morgan fingerprint density at radius 1 is 1.22 bits per heavy atom. The Kier molecular flexibility index (Phi) is 5.68. The van der Waals surface area contributed by atoms with Crippen LogP contribution in [0.5, 0.6) is 0 Å². The monoisotopic (exact) mass is 463 g/mol. The molecule has 1 N–H and O–H groups in total. The van der Waals surface area contributed by atoms with Crippen LogP contribution in [0.2, 0.25) is 0 Å². The number of aromatic nitrogens is 3. The standard InChI is InChI=1S/C21H20F3N5O2S/c1-13(21(22,23)24)28-32(30,31)15-8-9-18(27-12-15)19-17(11-25)16-7-4-10-26-20(16)29(19)14-5-2-3-6-14/h4,7-10,12-14,28H,2-3,5-6H2,1H3. The van der Waals surface area contributed by atoms with Crippen molar-refractivity contribution in [2.24, 2.45) is 0 Å². The van der Waals surface area contributed by atoms with Gasteiger partial charge in [0.2, 0.25) is 10.0 Å². The largest absolute Gasteiger partial charge is 0.404 e. The molecule has 0 radical (unpaired) electrons. The minimum atomic E-state index is -4.71. The number of halogens is 3. The molecule has 168 valence electrons. The van der Waals surface area contributed by atoms with Gasteiger partial charge in [0, 0.05) is 23.8 Å². The minimum absolute atomic E-state index is 0.129. The summed E-state index contributed by atoms with van der Waals surface area (Å²) in [4.78, 5) is 8.29. The van der Waals surface area contributed by atoms with Crippen LogP contribution >= 0.6 is 0 Å². The van der Waals surface area contributed by atoms with Crippen molar-refractivity contribution in [2.45, 2.75) is 55.8 Å². The van der Waals surface area contributed by atoms with E-state index >= 15 is 0 Å². The Hall–Kier alpha value is -2.97. The summed E-state index contributed by atoms with van der Waals surface area (Å²) in [5.74, 6) is 0. The molecular weight excluding hydrogens is 443 g/mol. The molecule has 0 amide bonds. The molecule has 32 heavy (non-hydrogen) atoms. The lowest BCUT2D eigenvalue weighted by Crippen LogP contribution is -2.42. The molecule has 0 aliphatic heterocycles. The van der Waals surface area contributed by atoms with Crippen molar-refractivity contribution in [3.8, 4) is 17.5 Å². The average molecular weight is 463 g/mol. The fourth-order valence-corrected chi connectivity index (χ4v) is 5.24. The van der Waals surface area contributed by atoms with E-state index in [1.807, 2.05) is 4.57 Å². The van der Waals surface area contributed by atoms with E-state index in [1.165, 1.54) is 12.1 Å². The zero-order valence-electron chi connectivity index (χ0n) is 17.1. The normalized spacial score (nSPS) is 16.3. The Morgan fingerprint density at radius 3 is 2.53 bits per heavy atom. The SMILES string of the molecule is CC(NS(=O)(=O)c1ccc(-c2c(C#N)c3cccnc3n2C2CCCC2)nc1)C(F)(F)F. The van der Waals surface area contributed by atoms with E-state index in [4.69, 9.17) is 0 Å². The fraction of sp³-hybridized carbons (Fsp3) is 0.381. The van der Waals surface area contributed by atoms with E-state index in [0.29, 0.717) is 28.0 Å². The molecule has 1 unspecified atom stereocenters. The van der Waals surface area contributed by atoms with Gasteiger partial charge < -0.3 is 4.57 Å². The summed E-state index contributed by atoms with van der Waals surface area (Å²) in [5.41, 5.74) is 1.93. The number of rotatable bonds is 5. The van der Waals surface area contributed by atoms with Crippen molar-refractivity contribution in [2.75, 3.05) is 0 Å². The highest BCUT2D eigenvalue weighted by molar-refractivity contribution is 7.89. The third-order valence-corrected chi connectivity index (χ3v) is 7.20. The molecule has 0 saturated heterocycles. The lowest BCUT2D eigenvalue weighted by atomic mass is 10.1. The molecule has 1 aliphatic rings. The first kappa shape index (κ1) is 22.2. The summed E-state index contributed by atoms with van der Waals surface area (Å²) in [5, 5.41) is 10.5. The maximum absolute atomic E-state index is 12.8. The van der Waals surface area contributed by atoms with E-state index in [0.717, 1.165) is 38.8 Å². The number of fused-ring (bicyclic) bond motifs is 1. The van der Waals surface area contributed by atoms with Crippen molar-refractivity contribution >= 4 is 21.1 Å². The summed E-state index contributed by atoms with van der Waals surface area (Å²) in [7, 11) is -4.42. The van der Waals surface area contributed by atoms with Gasteiger partial charge in [-0.25, -0.2) is 13.4 Å². The van der Waals surface area contributed by atoms with Gasteiger partial charge in [0.05, 0.1) is 17.0 Å². The van der Waals surface area contributed by atoms with Gasteiger partial charge in [0.1, 0.15) is 22.7 Å². The maximum atomic E-state index is 12.8. The zero-order valence-corrected chi connectivity index (χ0v) is 17.9. The third kappa shape index (κ3) is 3.96. The summed E-state index contributed by atoms with van der Waals surface area (Å²) in [6.45, 7) is 0.728. The first-order chi connectivity index (χ1) is 15.1. The van der Waals surface area contributed by atoms with E-state index in [2.05, 4.69) is 16.0 Å². The molecule has 3 heterocycles. The highest BCUT2D eigenvalue weighted by Crippen LogP contribution is 2.40. The predicted octanol–water partition coefficient (Wildman–Crippen LogP) is 4.31. The molecule has 7 nitrogen and oxygen atoms in total. The molecule has 11 heteroatoms. The van der Waals surface area contributed by atoms with Crippen molar-refractivity contribution in [3.63, 3.8) is 0 Å². The number of nitrogens with zero attached hydrogens (tertiary/aromatic N) is 4. The van der Waals surface area contributed by atoms with Crippen molar-refractivity contribution in [1.82, 2.24) is 19.3 Å². The van der Waals surface area contributed by atoms with Gasteiger partial charge in [-0.2, -0.15) is 23.2 Å². The molecule has 0 spiro atoms. The molecule has 0 aromatic carbocycles. The van der Waals surface area contributed by atoms with Gasteiger partial charge in [-0.15, -0.1) is 0 Å².